The van der Waals surface area contributed by atoms with Crippen molar-refractivity contribution in [2.75, 3.05) is 27.3 Å². The molecule has 1 amide bonds. The number of carboxylic acids is 1. The van der Waals surface area contributed by atoms with E-state index < -0.39 is 11.9 Å². The fourth-order valence-electron chi connectivity index (χ4n) is 4.22. The van der Waals surface area contributed by atoms with Gasteiger partial charge in [-0.05, 0) is 43.2 Å². The number of likely N-dealkylation sites (N-methyl/N-ethyl adjacent to an activating group) is 1. The van der Waals surface area contributed by atoms with Crippen LogP contribution in [0.1, 0.15) is 18.1 Å². The standard InChI is InChI=1S/C19H23N3O2.C5H6O4/c1-11(10-23)21-19(24)13-6-15-14-4-3-5-16-18(14)12(8-20-16)7-17(15)22(2)9-13;1-9-5(8)3-2-4(6)7/h3-6,8,11,13,17,20,23H,7,9-10H2,1-2H3,(H,21,24);2-3H,1H3,(H,6,7)/b;3-2-/t11-,13+,17+;/m0./s1. The molecule has 33 heavy (non-hydrogen) atoms. The van der Waals surface area contributed by atoms with Crippen LogP contribution in [-0.4, -0.2) is 77.3 Å². The van der Waals surface area contributed by atoms with Gasteiger partial charge in [0, 0.05) is 47.9 Å². The lowest BCUT2D eigenvalue weighted by molar-refractivity contribution is -0.136. The molecule has 3 atom stereocenters. The maximum absolute atomic E-state index is 12.5. The molecule has 0 radical (unpaired) electrons. The average Bonchev–Trinajstić information content (AvgIpc) is 3.22. The predicted octanol–water partition coefficient (Wildman–Crippen LogP) is 1.33. The van der Waals surface area contributed by atoms with Gasteiger partial charge in [0.15, 0.2) is 0 Å². The van der Waals surface area contributed by atoms with Gasteiger partial charge in [-0.1, -0.05) is 18.2 Å². The smallest absolute Gasteiger partial charge is 0.330 e. The molecule has 1 aliphatic carbocycles. The topological polar surface area (TPSA) is 132 Å². The van der Waals surface area contributed by atoms with E-state index in [2.05, 4.69) is 57.5 Å². The van der Waals surface area contributed by atoms with E-state index in [9.17, 15) is 14.4 Å². The number of nitrogens with one attached hydrogen (secondary N) is 2. The molecule has 176 valence electrons. The third-order valence-corrected chi connectivity index (χ3v) is 5.83. The number of aliphatic hydroxyl groups is 1. The number of aliphatic carboxylic acids is 1. The minimum Gasteiger partial charge on any atom is -0.478 e. The summed E-state index contributed by atoms with van der Waals surface area (Å²) in [5.41, 5.74) is 4.99. The van der Waals surface area contributed by atoms with Gasteiger partial charge in [-0.25, -0.2) is 9.59 Å². The van der Waals surface area contributed by atoms with Gasteiger partial charge in [-0.3, -0.25) is 9.69 Å². The van der Waals surface area contributed by atoms with Gasteiger partial charge in [0.1, 0.15) is 0 Å². The third-order valence-electron chi connectivity index (χ3n) is 5.83. The Morgan fingerprint density at radius 2 is 2.09 bits per heavy atom. The summed E-state index contributed by atoms with van der Waals surface area (Å²) < 4.78 is 4.11. The Kier molecular flexibility index (Phi) is 7.67. The highest BCUT2D eigenvalue weighted by molar-refractivity contribution is 5.99. The van der Waals surface area contributed by atoms with Crippen molar-refractivity contribution in [3.05, 3.63) is 53.8 Å². The molecule has 0 bridgehead atoms. The first-order valence-electron chi connectivity index (χ1n) is 10.7. The number of aromatic amines is 1. The lowest BCUT2D eigenvalue weighted by atomic mass is 9.80. The number of methoxy groups -OCH3 is 1. The molecule has 2 heterocycles. The molecule has 0 unspecified atom stereocenters. The monoisotopic (exact) mass is 455 g/mol. The van der Waals surface area contributed by atoms with Crippen molar-refractivity contribution >= 4 is 34.3 Å². The van der Waals surface area contributed by atoms with Crippen LogP contribution in [0.15, 0.2) is 42.6 Å². The number of H-pyrrole nitrogens is 1. The Morgan fingerprint density at radius 1 is 1.33 bits per heavy atom. The van der Waals surface area contributed by atoms with E-state index in [0.29, 0.717) is 18.7 Å². The maximum atomic E-state index is 12.5. The van der Waals surface area contributed by atoms with E-state index in [1.165, 1.54) is 29.2 Å². The lowest BCUT2D eigenvalue weighted by Crippen LogP contribution is -2.48. The minimum absolute atomic E-state index is 0.0126. The Hall–Kier alpha value is -3.43. The Bertz CT molecular complexity index is 1100. The minimum atomic E-state index is -1.17. The van der Waals surface area contributed by atoms with E-state index in [1.807, 2.05) is 6.92 Å². The van der Waals surface area contributed by atoms with Crippen LogP contribution in [0.2, 0.25) is 0 Å². The zero-order chi connectivity index (χ0) is 24.1. The summed E-state index contributed by atoms with van der Waals surface area (Å²) in [6, 6.07) is 6.42. The number of esters is 1. The van der Waals surface area contributed by atoms with Gasteiger partial charge < -0.3 is 25.3 Å². The van der Waals surface area contributed by atoms with Gasteiger partial charge in [0.05, 0.1) is 19.6 Å². The zero-order valence-corrected chi connectivity index (χ0v) is 18.9. The maximum Gasteiger partial charge on any atom is 0.330 e. The highest BCUT2D eigenvalue weighted by Crippen LogP contribution is 2.40. The lowest BCUT2D eigenvalue weighted by Gasteiger charge is -2.39. The van der Waals surface area contributed by atoms with Crippen LogP contribution < -0.4 is 5.32 Å². The first-order valence-corrected chi connectivity index (χ1v) is 10.7. The predicted molar refractivity (Wildman–Crippen MR) is 123 cm³/mol. The van der Waals surface area contributed by atoms with Crippen LogP contribution in [-0.2, 0) is 25.5 Å². The first-order chi connectivity index (χ1) is 15.7. The van der Waals surface area contributed by atoms with Crippen LogP contribution >= 0.6 is 0 Å². The SMILES string of the molecule is COC(=O)/C=C\C(=O)O.C[C@@H](CO)NC(=O)[C@@H]1C=C2c3cccc4[nH]cc(c34)C[C@H]2N(C)C1. The van der Waals surface area contributed by atoms with Crippen molar-refractivity contribution in [3.63, 3.8) is 0 Å². The van der Waals surface area contributed by atoms with Crippen LogP contribution in [0.5, 0.6) is 0 Å². The molecule has 1 aromatic heterocycles. The van der Waals surface area contributed by atoms with Crippen molar-refractivity contribution in [2.45, 2.75) is 25.4 Å². The number of ether oxygens (including phenoxy) is 1. The number of fused-ring (bicyclic) bond motifs is 2. The van der Waals surface area contributed by atoms with E-state index in [-0.39, 0.29) is 24.5 Å². The fraction of sp³-hybridized carbons (Fsp3) is 0.375. The Morgan fingerprint density at radius 3 is 2.76 bits per heavy atom. The van der Waals surface area contributed by atoms with Crippen LogP contribution in [0.3, 0.4) is 0 Å². The second kappa shape index (κ2) is 10.5. The van der Waals surface area contributed by atoms with E-state index >= 15 is 0 Å². The summed E-state index contributed by atoms with van der Waals surface area (Å²) in [5.74, 6) is -2.04. The number of nitrogens with zero attached hydrogens (tertiary/aromatic N) is 1. The van der Waals surface area contributed by atoms with E-state index in [0.717, 1.165) is 18.0 Å². The molecule has 0 spiro atoms. The molecule has 9 heteroatoms. The normalized spacial score (nSPS) is 20.3. The molecule has 0 saturated carbocycles. The van der Waals surface area contributed by atoms with E-state index in [4.69, 9.17) is 10.2 Å². The number of hydrogen-bond donors (Lipinski definition) is 4. The number of carbonyl (C=O) groups is 3. The molecule has 4 rings (SSSR count). The molecule has 1 aliphatic heterocycles. The average molecular weight is 456 g/mol. The number of aromatic nitrogens is 1. The Labute approximate surface area is 191 Å². The van der Waals surface area contributed by atoms with Gasteiger partial charge in [-0.2, -0.15) is 0 Å². The number of hydrogen-bond acceptors (Lipinski definition) is 6. The number of aliphatic hydroxyl groups excluding tert-OH is 1. The summed E-state index contributed by atoms with van der Waals surface area (Å²) in [6.07, 6.45) is 6.77. The Balaban J connectivity index is 0.000000292. The number of benzene rings is 1. The zero-order valence-electron chi connectivity index (χ0n) is 18.9. The summed E-state index contributed by atoms with van der Waals surface area (Å²) in [7, 11) is 3.26. The molecule has 0 fully saturated rings. The molecule has 2 aromatic rings. The van der Waals surface area contributed by atoms with Gasteiger partial charge in [0.25, 0.3) is 0 Å². The fourth-order valence-corrected chi connectivity index (χ4v) is 4.22. The highest BCUT2D eigenvalue weighted by atomic mass is 16.5. The second-order valence-corrected chi connectivity index (χ2v) is 8.22. The summed E-state index contributed by atoms with van der Waals surface area (Å²) in [5, 5.41) is 21.3. The molecule has 2 aliphatic rings. The second-order valence-electron chi connectivity index (χ2n) is 8.22. The summed E-state index contributed by atoms with van der Waals surface area (Å²) in [6.45, 7) is 2.47. The molecule has 0 saturated heterocycles. The van der Waals surface area contributed by atoms with Crippen molar-refractivity contribution in [3.8, 4) is 0 Å². The molecular formula is C24H29N3O6. The number of rotatable bonds is 5. The van der Waals surface area contributed by atoms with Crippen molar-refractivity contribution < 1.29 is 29.3 Å². The van der Waals surface area contributed by atoms with Crippen LogP contribution in [0.4, 0.5) is 0 Å². The van der Waals surface area contributed by atoms with Crippen LogP contribution in [0.25, 0.3) is 16.5 Å². The summed E-state index contributed by atoms with van der Waals surface area (Å²) in [4.78, 5) is 38.0. The third kappa shape index (κ3) is 5.50. The van der Waals surface area contributed by atoms with Gasteiger partial charge >= 0.3 is 11.9 Å². The van der Waals surface area contributed by atoms with Crippen LogP contribution in [0, 0.1) is 5.92 Å². The summed E-state index contributed by atoms with van der Waals surface area (Å²) >= 11 is 0. The molecule has 1 aromatic carbocycles. The molecular weight excluding hydrogens is 426 g/mol. The van der Waals surface area contributed by atoms with E-state index in [1.54, 1.807) is 0 Å². The molecule has 4 N–H and O–H groups in total. The van der Waals surface area contributed by atoms with Crippen molar-refractivity contribution in [1.29, 1.82) is 0 Å². The highest BCUT2D eigenvalue weighted by Gasteiger charge is 2.35. The number of carboxylic acid groups (broad SMARTS) is 1. The molecule has 9 nitrogen and oxygen atoms in total. The number of carbonyl (C=O) groups excluding carboxylic acids is 2. The van der Waals surface area contributed by atoms with Crippen molar-refractivity contribution in [2.24, 2.45) is 5.92 Å². The number of amides is 1. The van der Waals surface area contributed by atoms with Gasteiger partial charge in [-0.15, -0.1) is 0 Å². The quantitative estimate of drug-likeness (QED) is 0.395. The van der Waals surface area contributed by atoms with Crippen molar-refractivity contribution in [1.82, 2.24) is 15.2 Å². The first kappa shape index (κ1) is 24.2. The van der Waals surface area contributed by atoms with Gasteiger partial charge in [0.2, 0.25) is 5.91 Å². The largest absolute Gasteiger partial charge is 0.478 e.